The van der Waals surface area contributed by atoms with Crippen molar-refractivity contribution in [2.45, 2.75) is 45.4 Å². The molecule has 0 aliphatic carbocycles. The monoisotopic (exact) mass is 274 g/mol. The quantitative estimate of drug-likeness (QED) is 0.325. The molecule has 0 amide bonds. The van der Waals surface area contributed by atoms with E-state index in [9.17, 15) is 14.4 Å². The molecule has 0 radical (unpaired) electrons. The Hall–Kier alpha value is 3.06. The van der Waals surface area contributed by atoms with Crippen LogP contribution in [0, 0.1) is 0 Å². The molecule has 80 valence electrons. The Kier molecular flexibility index (Phi) is 30.9. The van der Waals surface area contributed by atoms with Crippen molar-refractivity contribution in [2.24, 2.45) is 0 Å². The van der Waals surface area contributed by atoms with Crippen LogP contribution in [-0.4, -0.2) is 15.7 Å². The minimum Gasteiger partial charge on any atom is -0.861 e. The molecule has 0 fully saturated rings. The first-order valence-corrected chi connectivity index (χ1v) is 6.45. The van der Waals surface area contributed by atoms with Crippen LogP contribution in [0.4, 0.5) is 0 Å². The van der Waals surface area contributed by atoms with Gasteiger partial charge in [0.05, 0.1) is 0 Å². The molecule has 0 saturated carbocycles. The van der Waals surface area contributed by atoms with Gasteiger partial charge in [-0.2, -0.15) is 0 Å². The third-order valence-electron chi connectivity index (χ3n) is 1.78. The molecule has 8 heteroatoms. The first-order chi connectivity index (χ1) is 6.06. The second kappa shape index (κ2) is 18.1. The second-order valence-electron chi connectivity index (χ2n) is 3.12. The van der Waals surface area contributed by atoms with Gasteiger partial charge in [-0.3, -0.25) is 0 Å². The zero-order valence-electron chi connectivity index (χ0n) is 11.1. The molecular weight excluding hydrogens is 257 g/mol. The fraction of sp³-hybridized carbons (Fsp3) is 1.00. The van der Waals surface area contributed by atoms with E-state index < -0.39 is 9.05 Å². The van der Waals surface area contributed by atoms with Crippen LogP contribution >= 0.6 is 0 Å². The summed E-state index contributed by atoms with van der Waals surface area (Å²) < 4.78 is 4.11. The predicted molar refractivity (Wildman–Crippen MR) is 45.1 cm³/mol. The van der Waals surface area contributed by atoms with Gasteiger partial charge in [-0.1, -0.05) is 39.0 Å². The molecule has 0 N–H and O–H groups in total. The predicted octanol–water partition coefficient (Wildman–Crippen LogP) is -10.1. The summed E-state index contributed by atoms with van der Waals surface area (Å²) in [4.78, 5) is 30.1. The molecule has 0 aliphatic rings. The summed E-state index contributed by atoms with van der Waals surface area (Å²) in [6.07, 6.45) is 6.25. The first-order valence-electron chi connectivity index (χ1n) is 4.81. The Morgan fingerprint density at radius 2 is 1.25 bits per heavy atom. The van der Waals surface area contributed by atoms with E-state index in [4.69, 9.17) is 0 Å². The van der Waals surface area contributed by atoms with Crippen LogP contribution in [0.25, 0.3) is 0 Å². The molecule has 0 unspecified atom stereocenters. The molecule has 0 atom stereocenters. The van der Waals surface area contributed by atoms with Gasteiger partial charge in [0.15, 0.2) is 0 Å². The van der Waals surface area contributed by atoms with E-state index in [2.05, 4.69) is 11.3 Å². The van der Waals surface area contributed by atoms with Crippen molar-refractivity contribution in [3.8, 4) is 0 Å². The number of unbranched alkanes of at least 4 members (excludes halogenated alkanes) is 5. The van der Waals surface area contributed by atoms with E-state index in [1.54, 1.807) is 0 Å². The van der Waals surface area contributed by atoms with Crippen molar-refractivity contribution in [3.63, 3.8) is 0 Å². The van der Waals surface area contributed by atoms with Gasteiger partial charge < -0.3 is 18.8 Å². The Bertz CT molecular complexity index is 124. The Morgan fingerprint density at radius 1 is 0.812 bits per heavy atom. The van der Waals surface area contributed by atoms with Crippen LogP contribution in [-0.2, 0) is 4.43 Å². The van der Waals surface area contributed by atoms with E-state index in [-0.39, 0.29) is 95.3 Å². The minimum absolute atomic E-state index is 0. The SMILES string of the molecule is CCCCCCCCO[Si]([O-])([O-])[O-].[Na+].[Na+].[Na+]. The Balaban J connectivity index is -0.000000240. The maximum atomic E-state index is 10.0. The zero-order chi connectivity index (χ0) is 10.2. The second-order valence-corrected chi connectivity index (χ2v) is 4.40. The van der Waals surface area contributed by atoms with Gasteiger partial charge in [-0.25, -0.2) is 0 Å². The molecule has 0 spiro atoms. The fourth-order valence-electron chi connectivity index (χ4n) is 1.08. The van der Waals surface area contributed by atoms with Gasteiger partial charge in [0.25, 0.3) is 0 Å². The molecule has 0 heterocycles. The van der Waals surface area contributed by atoms with Crippen molar-refractivity contribution in [1.29, 1.82) is 0 Å². The molecule has 0 saturated heterocycles. The maximum Gasteiger partial charge on any atom is 1.00 e. The standard InChI is InChI=1S/C8H17O4Si.3Na/c1-2-3-4-5-6-7-8-12-13(9,10)11;;;/h2-8H2,1H3;;;/q-3;3*+1. The van der Waals surface area contributed by atoms with E-state index in [1.165, 1.54) is 19.3 Å². The third kappa shape index (κ3) is 25.8. The normalized spacial score (nSPS) is 9.75. The summed E-state index contributed by atoms with van der Waals surface area (Å²) in [5.74, 6) is 0. The van der Waals surface area contributed by atoms with Crippen LogP contribution in [0.1, 0.15) is 45.4 Å². The third-order valence-corrected chi connectivity index (χ3v) is 2.33. The molecule has 0 aromatic heterocycles. The van der Waals surface area contributed by atoms with Gasteiger partial charge in [0, 0.05) is 6.61 Å². The summed E-state index contributed by atoms with van der Waals surface area (Å²) in [5, 5.41) is 0. The molecular formula is C8H17Na3O4Si. The van der Waals surface area contributed by atoms with Gasteiger partial charge in [-0.05, 0) is 6.42 Å². The fourth-order valence-corrected chi connectivity index (χ4v) is 1.47. The number of rotatable bonds is 8. The number of hydrogen-bond donors (Lipinski definition) is 0. The van der Waals surface area contributed by atoms with Crippen molar-refractivity contribution < 1.29 is 107 Å². The topological polar surface area (TPSA) is 78.4 Å². The Labute approximate surface area is 166 Å². The van der Waals surface area contributed by atoms with Crippen LogP contribution in [0.15, 0.2) is 0 Å². The molecule has 0 aromatic carbocycles. The van der Waals surface area contributed by atoms with Crippen molar-refractivity contribution in [3.05, 3.63) is 0 Å². The summed E-state index contributed by atoms with van der Waals surface area (Å²) in [7, 11) is -4.98. The Morgan fingerprint density at radius 3 is 1.69 bits per heavy atom. The molecule has 4 nitrogen and oxygen atoms in total. The van der Waals surface area contributed by atoms with Crippen LogP contribution in [0.2, 0.25) is 0 Å². The van der Waals surface area contributed by atoms with Crippen LogP contribution in [0.5, 0.6) is 0 Å². The van der Waals surface area contributed by atoms with Crippen LogP contribution in [0.3, 0.4) is 0 Å². The van der Waals surface area contributed by atoms with Crippen molar-refractivity contribution >= 4 is 9.05 Å². The summed E-state index contributed by atoms with van der Waals surface area (Å²) in [5.41, 5.74) is 0. The summed E-state index contributed by atoms with van der Waals surface area (Å²) in [6, 6.07) is 0. The van der Waals surface area contributed by atoms with Crippen LogP contribution < -0.4 is 103 Å². The van der Waals surface area contributed by atoms with E-state index >= 15 is 0 Å². The van der Waals surface area contributed by atoms with Crippen molar-refractivity contribution in [2.75, 3.05) is 6.61 Å². The first kappa shape index (κ1) is 27.4. The van der Waals surface area contributed by atoms with Gasteiger partial charge >= 0.3 is 88.7 Å². The van der Waals surface area contributed by atoms with Gasteiger partial charge in [-0.15, -0.1) is 9.05 Å². The largest absolute Gasteiger partial charge is 1.00 e. The van der Waals surface area contributed by atoms with Gasteiger partial charge in [0.1, 0.15) is 0 Å². The molecule has 0 bridgehead atoms. The average molecular weight is 274 g/mol. The number of hydrogen-bond acceptors (Lipinski definition) is 4. The van der Waals surface area contributed by atoms with E-state index in [0.717, 1.165) is 12.8 Å². The summed E-state index contributed by atoms with van der Waals surface area (Å²) in [6.45, 7) is 2.18. The van der Waals surface area contributed by atoms with Gasteiger partial charge in [0.2, 0.25) is 0 Å². The molecule has 0 aliphatic heterocycles. The molecule has 0 aromatic rings. The van der Waals surface area contributed by atoms with E-state index in [0.29, 0.717) is 6.42 Å². The minimum atomic E-state index is -4.98. The molecule has 0 rings (SSSR count). The maximum absolute atomic E-state index is 10.0. The average Bonchev–Trinajstić information content (AvgIpc) is 2.01. The van der Waals surface area contributed by atoms with Crippen molar-refractivity contribution in [1.82, 2.24) is 0 Å². The zero-order valence-corrected chi connectivity index (χ0v) is 18.1. The molecule has 16 heavy (non-hydrogen) atoms. The van der Waals surface area contributed by atoms with E-state index in [1.807, 2.05) is 0 Å². The summed E-state index contributed by atoms with van der Waals surface area (Å²) >= 11 is 0. The smallest absolute Gasteiger partial charge is 0.861 e.